The van der Waals surface area contributed by atoms with Crippen molar-refractivity contribution in [3.05, 3.63) is 41.5 Å². The highest BCUT2D eigenvalue weighted by molar-refractivity contribution is 5.80. The molecule has 1 aliphatic carbocycles. The maximum atomic E-state index is 6.46. The highest BCUT2D eigenvalue weighted by Gasteiger charge is 2.43. The van der Waals surface area contributed by atoms with Crippen LogP contribution in [0.5, 0.6) is 5.75 Å². The van der Waals surface area contributed by atoms with Crippen LogP contribution in [0.15, 0.2) is 33.8 Å². The van der Waals surface area contributed by atoms with Gasteiger partial charge in [-0.05, 0) is 31.7 Å². The van der Waals surface area contributed by atoms with E-state index in [2.05, 4.69) is 64.7 Å². The molecule has 1 aliphatic heterocycles. The summed E-state index contributed by atoms with van der Waals surface area (Å²) in [5.74, 6) is 2.97. The van der Waals surface area contributed by atoms with E-state index in [9.17, 15) is 0 Å². The van der Waals surface area contributed by atoms with E-state index in [1.807, 2.05) is 6.07 Å². The molecule has 2 aromatic rings. The minimum Gasteiger partial charge on any atom is -0.487 e. The summed E-state index contributed by atoms with van der Waals surface area (Å²) in [7, 11) is 1.78. The summed E-state index contributed by atoms with van der Waals surface area (Å²) in [6, 6.07) is 8.47. The zero-order chi connectivity index (χ0) is 20.5. The predicted octanol–water partition coefficient (Wildman–Crippen LogP) is 3.87. The second kappa shape index (κ2) is 7.69. The minimum absolute atomic E-state index is 0.0554. The molecule has 156 valence electrons. The Balaban J connectivity index is 1.46. The summed E-state index contributed by atoms with van der Waals surface area (Å²) < 4.78 is 11.8. The van der Waals surface area contributed by atoms with Crippen molar-refractivity contribution < 1.29 is 9.26 Å². The van der Waals surface area contributed by atoms with Crippen LogP contribution in [-0.2, 0) is 12.0 Å². The molecule has 2 heterocycles. The monoisotopic (exact) mass is 397 g/mol. The highest BCUT2D eigenvalue weighted by Crippen LogP contribution is 2.46. The summed E-state index contributed by atoms with van der Waals surface area (Å²) in [6.07, 6.45) is 5.64. The Morgan fingerprint density at radius 2 is 2.00 bits per heavy atom. The molecule has 0 radical (unpaired) electrons. The third kappa shape index (κ3) is 4.23. The Labute approximate surface area is 172 Å². The standard InChI is InChI=1S/C22H31N5O2/c1-21(2,3)19-26-18(27-29-19)14-24-20(23-4)25-16-13-22(11-7-8-12-22)28-17-10-6-5-9-15(16)17/h5-6,9-10,16H,7-8,11-14H2,1-4H3,(H2,23,24,25). The van der Waals surface area contributed by atoms with Gasteiger partial charge < -0.3 is 19.9 Å². The van der Waals surface area contributed by atoms with Crippen LogP contribution < -0.4 is 15.4 Å². The van der Waals surface area contributed by atoms with Gasteiger partial charge in [0.1, 0.15) is 11.4 Å². The number of nitrogens with zero attached hydrogens (tertiary/aromatic N) is 3. The smallest absolute Gasteiger partial charge is 0.232 e. The van der Waals surface area contributed by atoms with Crippen molar-refractivity contribution in [2.75, 3.05) is 7.05 Å². The van der Waals surface area contributed by atoms with Crippen LogP contribution in [0.3, 0.4) is 0 Å². The fourth-order valence-corrected chi connectivity index (χ4v) is 4.23. The van der Waals surface area contributed by atoms with Crippen molar-refractivity contribution in [1.29, 1.82) is 0 Å². The largest absolute Gasteiger partial charge is 0.487 e. The predicted molar refractivity (Wildman–Crippen MR) is 112 cm³/mol. The number of ether oxygens (including phenoxy) is 1. The topological polar surface area (TPSA) is 84.6 Å². The lowest BCUT2D eigenvalue weighted by molar-refractivity contribution is 0.0396. The number of rotatable bonds is 3. The Hall–Kier alpha value is -2.57. The van der Waals surface area contributed by atoms with E-state index in [0.29, 0.717) is 18.3 Å². The molecule has 0 amide bonds. The summed E-state index contributed by atoms with van der Waals surface area (Å²) in [4.78, 5) is 8.89. The van der Waals surface area contributed by atoms with Gasteiger partial charge in [0, 0.05) is 24.4 Å². The van der Waals surface area contributed by atoms with Crippen molar-refractivity contribution in [3.63, 3.8) is 0 Å². The maximum absolute atomic E-state index is 6.46. The normalized spacial score (nSPS) is 21.0. The van der Waals surface area contributed by atoms with Gasteiger partial charge in [-0.15, -0.1) is 0 Å². The Morgan fingerprint density at radius 1 is 1.24 bits per heavy atom. The average Bonchev–Trinajstić information content (AvgIpc) is 3.34. The fourth-order valence-electron chi connectivity index (χ4n) is 4.23. The van der Waals surface area contributed by atoms with E-state index in [1.54, 1.807) is 7.05 Å². The van der Waals surface area contributed by atoms with Crippen LogP contribution in [0.25, 0.3) is 0 Å². The lowest BCUT2D eigenvalue weighted by Crippen LogP contribution is -2.46. The molecule has 4 rings (SSSR count). The molecule has 1 saturated carbocycles. The quantitative estimate of drug-likeness (QED) is 0.604. The van der Waals surface area contributed by atoms with E-state index < -0.39 is 0 Å². The van der Waals surface area contributed by atoms with Crippen molar-refractivity contribution in [1.82, 2.24) is 20.8 Å². The number of aliphatic imine (C=N–C) groups is 1. The second-order valence-corrected chi connectivity index (χ2v) is 9.12. The summed E-state index contributed by atoms with van der Waals surface area (Å²) in [5, 5.41) is 11.0. The third-order valence-corrected chi connectivity index (χ3v) is 5.77. The molecule has 7 heteroatoms. The van der Waals surface area contributed by atoms with E-state index >= 15 is 0 Å². The van der Waals surface area contributed by atoms with E-state index in [4.69, 9.17) is 9.26 Å². The fraction of sp³-hybridized carbons (Fsp3) is 0.591. The number of para-hydroxylation sites is 1. The van der Waals surface area contributed by atoms with Crippen molar-refractivity contribution >= 4 is 5.96 Å². The van der Waals surface area contributed by atoms with Gasteiger partial charge in [-0.1, -0.05) is 44.1 Å². The van der Waals surface area contributed by atoms with Crippen LogP contribution in [0.2, 0.25) is 0 Å². The second-order valence-electron chi connectivity index (χ2n) is 9.12. The molecule has 1 fully saturated rings. The lowest BCUT2D eigenvalue weighted by Gasteiger charge is -2.40. The van der Waals surface area contributed by atoms with Gasteiger partial charge >= 0.3 is 0 Å². The van der Waals surface area contributed by atoms with Gasteiger partial charge in [0.25, 0.3) is 0 Å². The number of hydrogen-bond donors (Lipinski definition) is 2. The van der Waals surface area contributed by atoms with Crippen LogP contribution >= 0.6 is 0 Å². The van der Waals surface area contributed by atoms with Gasteiger partial charge in [-0.2, -0.15) is 4.98 Å². The number of hydrogen-bond acceptors (Lipinski definition) is 5. The summed E-state index contributed by atoms with van der Waals surface area (Å²) >= 11 is 0. The SMILES string of the molecule is CN=C(NCc1noc(C(C)(C)C)n1)NC1CC2(CCCC2)Oc2ccccc21. The van der Waals surface area contributed by atoms with Gasteiger partial charge in [-0.3, -0.25) is 4.99 Å². The first-order chi connectivity index (χ1) is 13.9. The van der Waals surface area contributed by atoms with Crippen LogP contribution in [0, 0.1) is 0 Å². The van der Waals surface area contributed by atoms with Crippen molar-refractivity contribution in [2.24, 2.45) is 4.99 Å². The van der Waals surface area contributed by atoms with Crippen molar-refractivity contribution in [2.45, 2.75) is 76.5 Å². The Bertz CT molecular complexity index is 877. The summed E-state index contributed by atoms with van der Waals surface area (Å²) in [6.45, 7) is 6.62. The molecule has 0 saturated heterocycles. The maximum Gasteiger partial charge on any atom is 0.232 e. The molecule has 2 N–H and O–H groups in total. The van der Waals surface area contributed by atoms with E-state index in [0.717, 1.165) is 31.0 Å². The number of guanidine groups is 1. The zero-order valence-electron chi connectivity index (χ0n) is 17.8. The first-order valence-electron chi connectivity index (χ1n) is 10.5. The van der Waals surface area contributed by atoms with Crippen LogP contribution in [0.4, 0.5) is 0 Å². The molecule has 1 aromatic carbocycles. The zero-order valence-corrected chi connectivity index (χ0v) is 17.8. The average molecular weight is 398 g/mol. The van der Waals surface area contributed by atoms with Gasteiger partial charge in [0.05, 0.1) is 12.6 Å². The van der Waals surface area contributed by atoms with Gasteiger partial charge in [0.2, 0.25) is 5.89 Å². The number of aromatic nitrogens is 2. The van der Waals surface area contributed by atoms with Crippen LogP contribution in [0.1, 0.15) is 76.2 Å². The first-order valence-corrected chi connectivity index (χ1v) is 10.5. The minimum atomic E-state index is -0.160. The molecule has 0 bridgehead atoms. The number of nitrogens with one attached hydrogen (secondary N) is 2. The van der Waals surface area contributed by atoms with Crippen molar-refractivity contribution in [3.8, 4) is 5.75 Å². The molecule has 1 unspecified atom stereocenters. The molecule has 1 atom stereocenters. The highest BCUT2D eigenvalue weighted by atomic mass is 16.5. The number of benzene rings is 1. The van der Waals surface area contributed by atoms with Gasteiger partial charge in [-0.25, -0.2) is 0 Å². The summed E-state index contributed by atoms with van der Waals surface area (Å²) in [5.41, 5.74) is 0.967. The molecule has 2 aliphatic rings. The van der Waals surface area contributed by atoms with Crippen LogP contribution in [-0.4, -0.2) is 28.7 Å². The Morgan fingerprint density at radius 3 is 2.69 bits per heavy atom. The lowest BCUT2D eigenvalue weighted by atomic mass is 9.86. The molecule has 7 nitrogen and oxygen atoms in total. The number of fused-ring (bicyclic) bond motifs is 1. The van der Waals surface area contributed by atoms with E-state index in [1.165, 1.54) is 18.4 Å². The Kier molecular flexibility index (Phi) is 5.23. The molecule has 1 aromatic heterocycles. The van der Waals surface area contributed by atoms with Gasteiger partial charge in [0.15, 0.2) is 11.8 Å². The molecule has 1 spiro atoms. The molecule has 29 heavy (non-hydrogen) atoms. The first kappa shape index (κ1) is 19.7. The van der Waals surface area contributed by atoms with E-state index in [-0.39, 0.29) is 17.1 Å². The molecular formula is C22H31N5O2. The third-order valence-electron chi connectivity index (χ3n) is 5.77. The molecular weight excluding hydrogens is 366 g/mol.